The second-order valence-electron chi connectivity index (χ2n) is 29.3. The van der Waals surface area contributed by atoms with Crippen LogP contribution in [0.3, 0.4) is 0 Å². The summed E-state index contributed by atoms with van der Waals surface area (Å²) < 4.78 is 17.9. The van der Waals surface area contributed by atoms with Crippen molar-refractivity contribution in [1.82, 2.24) is 36.0 Å². The number of benzene rings is 2. The fourth-order valence-corrected chi connectivity index (χ4v) is 14.9. The second-order valence-corrected chi connectivity index (χ2v) is 30.6. The number of ether oxygens (including phenoxy) is 3. The summed E-state index contributed by atoms with van der Waals surface area (Å²) in [5.74, 6) is -8.54. The Morgan fingerprint density at radius 3 is 1.91 bits per heavy atom. The van der Waals surface area contributed by atoms with E-state index in [9.17, 15) is 72.5 Å². The summed E-state index contributed by atoms with van der Waals surface area (Å²) in [6.45, 7) is 22.0. The lowest BCUT2D eigenvalue weighted by Crippen LogP contribution is -2.54. The number of urea groups is 1. The summed E-state index contributed by atoms with van der Waals surface area (Å²) in [4.78, 5) is 178. The first-order chi connectivity index (χ1) is 50.0. The number of nitrogens with two attached hydrogens (primary N) is 1. The van der Waals surface area contributed by atoms with Crippen molar-refractivity contribution < 1.29 is 86.8 Å². The molecule has 1 fully saturated rings. The Bertz CT molecular complexity index is 3190. The van der Waals surface area contributed by atoms with Crippen LogP contribution in [0.4, 0.5) is 15.3 Å². The average molecular weight is 1510 g/mol. The lowest BCUT2D eigenvalue weighted by Gasteiger charge is -2.41. The molecule has 3 rings (SSSR count). The molecular formula is C78H123N9O18S. The van der Waals surface area contributed by atoms with E-state index in [0.717, 1.165) is 17.3 Å². The van der Waals surface area contributed by atoms with Crippen LogP contribution >= 0.6 is 11.8 Å². The van der Waals surface area contributed by atoms with Gasteiger partial charge in [-0.3, -0.25) is 52.7 Å². The predicted octanol–water partition coefficient (Wildman–Crippen LogP) is 8.60. The van der Waals surface area contributed by atoms with E-state index in [1.165, 1.54) is 26.0 Å². The van der Waals surface area contributed by atoms with Gasteiger partial charge < -0.3 is 71.4 Å². The number of anilines is 1. The zero-order chi connectivity index (χ0) is 79.7. The van der Waals surface area contributed by atoms with Crippen LogP contribution in [-0.4, -0.2) is 203 Å². The number of carbonyl (C=O) groups is 13. The third kappa shape index (κ3) is 30.1. The molecule has 9 N–H and O–H groups in total. The SMILES string of the molecule is CCC(=O)NC(CSC(CC(=O)O)C(=O)NCCCCCC(=O)NC(C(=O)CC(CCCNC(N)=O)C(=O)Nc1ccc(COC(=O)N(C)C(C(=O)CC(C(=O)N(C)C(C(C)CC)C(CC(=O)N2CCC[C@H]2[C@H](OC)C(C)C(=O)C[C@H](C)[C@@H](O)c2ccccc2)OC)C(C)C)C(C)C)cc1)C(C)C)C(C)=O. The fraction of sp³-hybridized carbons (Fsp3) is 0.679. The first kappa shape index (κ1) is 92.4. The number of methoxy groups -OCH3 is 2. The van der Waals surface area contributed by atoms with Crippen LogP contribution in [-0.2, 0) is 73.6 Å². The van der Waals surface area contributed by atoms with E-state index in [1.807, 2.05) is 71.9 Å². The van der Waals surface area contributed by atoms with E-state index in [1.54, 1.807) is 82.8 Å². The fourth-order valence-electron chi connectivity index (χ4n) is 13.7. The van der Waals surface area contributed by atoms with Gasteiger partial charge in [-0.25, -0.2) is 9.59 Å². The molecule has 27 nitrogen and oxygen atoms in total. The molecule has 9 amide bonds. The Morgan fingerprint density at radius 1 is 0.689 bits per heavy atom. The molecule has 1 aliphatic heterocycles. The van der Waals surface area contributed by atoms with Crippen molar-refractivity contribution in [3.8, 4) is 0 Å². The van der Waals surface area contributed by atoms with Crippen LogP contribution < -0.4 is 32.3 Å². The van der Waals surface area contributed by atoms with Crippen molar-refractivity contribution in [3.05, 3.63) is 65.7 Å². The van der Waals surface area contributed by atoms with Gasteiger partial charge in [0.1, 0.15) is 12.4 Å². The number of aliphatic hydroxyl groups is 1. The van der Waals surface area contributed by atoms with Gasteiger partial charge in [0.25, 0.3) is 0 Å². The molecule has 0 radical (unpaired) electrons. The highest BCUT2D eigenvalue weighted by atomic mass is 32.2. The van der Waals surface area contributed by atoms with Crippen LogP contribution in [0, 0.1) is 47.3 Å². The number of likely N-dealkylation sites (N-methyl/N-ethyl adjacent to an activating group) is 2. The Balaban J connectivity index is 1.65. The van der Waals surface area contributed by atoms with Gasteiger partial charge in [0.2, 0.25) is 35.4 Å². The molecule has 2 aromatic rings. The van der Waals surface area contributed by atoms with Gasteiger partial charge >= 0.3 is 18.1 Å². The molecule has 0 spiro atoms. The van der Waals surface area contributed by atoms with Crippen molar-refractivity contribution in [2.24, 2.45) is 53.1 Å². The molecule has 10 unspecified atom stereocenters. The number of nitrogens with one attached hydrogen (secondary N) is 5. The minimum absolute atomic E-state index is 0.0106. The predicted molar refractivity (Wildman–Crippen MR) is 405 cm³/mol. The number of Topliss-reactive ketones (excluding diaryl/α,β-unsaturated/α-hetero) is 4. The number of hydrogen-bond acceptors (Lipinski definition) is 18. The summed E-state index contributed by atoms with van der Waals surface area (Å²) >= 11 is 0.961. The van der Waals surface area contributed by atoms with E-state index in [4.69, 9.17) is 19.9 Å². The number of unbranched alkanes of at least 4 members (excludes halogenated alkanes) is 2. The molecule has 1 saturated heterocycles. The number of carboxylic acids is 1. The molecule has 2 aromatic carbocycles. The van der Waals surface area contributed by atoms with E-state index in [0.29, 0.717) is 56.3 Å². The summed E-state index contributed by atoms with van der Waals surface area (Å²) in [5, 5.41) is 32.9. The van der Waals surface area contributed by atoms with E-state index >= 15 is 0 Å². The zero-order valence-corrected chi connectivity index (χ0v) is 66.2. The smallest absolute Gasteiger partial charge is 0.410 e. The molecule has 0 aromatic heterocycles. The minimum Gasteiger partial charge on any atom is -0.481 e. The summed E-state index contributed by atoms with van der Waals surface area (Å²) in [5.41, 5.74) is 6.91. The normalized spacial score (nSPS) is 16.6. The zero-order valence-electron chi connectivity index (χ0n) is 65.4. The van der Waals surface area contributed by atoms with Crippen LogP contribution in [0.1, 0.15) is 197 Å². The number of thioether (sulfide) groups is 1. The highest BCUT2D eigenvalue weighted by molar-refractivity contribution is 8.00. The third-order valence-electron chi connectivity index (χ3n) is 20.2. The number of amides is 9. The van der Waals surface area contributed by atoms with E-state index in [2.05, 4.69) is 26.6 Å². The first-order valence-electron chi connectivity index (χ1n) is 37.5. The average Bonchev–Trinajstić information content (AvgIpc) is 1.54. The second kappa shape index (κ2) is 47.1. The number of carboxylic acid groups (broad SMARTS) is 1. The molecule has 0 aliphatic carbocycles. The molecule has 28 heteroatoms. The number of rotatable bonds is 50. The number of nitrogens with zero attached hydrogens (tertiary/aromatic N) is 3. The Morgan fingerprint density at radius 2 is 1.34 bits per heavy atom. The maximum Gasteiger partial charge on any atom is 0.410 e. The molecule has 0 bridgehead atoms. The van der Waals surface area contributed by atoms with Crippen molar-refractivity contribution in [2.75, 3.05) is 59.0 Å². The number of aliphatic hydroxyl groups excluding tert-OH is 1. The van der Waals surface area contributed by atoms with Crippen LogP contribution in [0.5, 0.6) is 0 Å². The first-order valence-corrected chi connectivity index (χ1v) is 38.5. The number of carbonyl (C=O) groups excluding carboxylic acids is 12. The maximum atomic E-state index is 14.9. The van der Waals surface area contributed by atoms with Gasteiger partial charge in [-0.05, 0) is 98.3 Å². The highest BCUT2D eigenvalue weighted by Crippen LogP contribution is 2.34. The van der Waals surface area contributed by atoms with Gasteiger partial charge in [-0.2, -0.15) is 0 Å². The highest BCUT2D eigenvalue weighted by Gasteiger charge is 2.44. The summed E-state index contributed by atoms with van der Waals surface area (Å²) in [7, 11) is 6.21. The summed E-state index contributed by atoms with van der Waals surface area (Å²) in [6.07, 6.45) is 0.0711. The number of aliphatic carboxylic acids is 1. The monoisotopic (exact) mass is 1510 g/mol. The van der Waals surface area contributed by atoms with Crippen LogP contribution in [0.25, 0.3) is 0 Å². The lowest BCUT2D eigenvalue weighted by molar-refractivity contribution is -0.149. The molecule has 14 atom stereocenters. The molecule has 1 heterocycles. The van der Waals surface area contributed by atoms with Crippen molar-refractivity contribution in [1.29, 1.82) is 0 Å². The number of likely N-dealkylation sites (tertiary alicyclic amines) is 1. The Kier molecular flexibility index (Phi) is 41.0. The molecule has 0 saturated carbocycles. The minimum atomic E-state index is -1.21. The molecule has 594 valence electrons. The lowest BCUT2D eigenvalue weighted by atomic mass is 9.83. The van der Waals surface area contributed by atoms with Crippen LogP contribution in [0.15, 0.2) is 54.6 Å². The van der Waals surface area contributed by atoms with Gasteiger partial charge in [-0.1, -0.05) is 131 Å². The van der Waals surface area contributed by atoms with Crippen molar-refractivity contribution >= 4 is 94.1 Å². The topological polar surface area (TPSA) is 386 Å². The Hall–Kier alpha value is -7.82. The van der Waals surface area contributed by atoms with Gasteiger partial charge in [0, 0.05) is 109 Å². The molecule has 106 heavy (non-hydrogen) atoms. The van der Waals surface area contributed by atoms with Gasteiger partial charge in [-0.15, -0.1) is 11.8 Å². The van der Waals surface area contributed by atoms with Crippen molar-refractivity contribution in [3.63, 3.8) is 0 Å². The Labute approximate surface area is 631 Å². The summed E-state index contributed by atoms with van der Waals surface area (Å²) in [6, 6.07) is 11.1. The third-order valence-corrected chi connectivity index (χ3v) is 21.5. The number of primary amides is 1. The van der Waals surface area contributed by atoms with Crippen molar-refractivity contribution in [2.45, 2.75) is 240 Å². The molecule has 1 aliphatic rings. The van der Waals surface area contributed by atoms with E-state index < -0.39 is 120 Å². The molecular weight excluding hydrogens is 1380 g/mol. The maximum absolute atomic E-state index is 14.9. The van der Waals surface area contributed by atoms with Crippen LogP contribution in [0.2, 0.25) is 0 Å². The van der Waals surface area contributed by atoms with Gasteiger partial charge in [0.15, 0.2) is 17.3 Å². The number of hydrogen-bond donors (Lipinski definition) is 8. The largest absolute Gasteiger partial charge is 0.481 e. The standard InChI is InChI=1S/C78H123N9O18S/c1-17-49(9)71(63(103-15)42-67(94)87-38-26-30-59(87)73(104-16)51(11)60(89)39-50(10)72(97)54-27-21-19-22-28-54)85(13)76(100)57(46(3)4)41-62(91)70(48(7)8)86(14)78(102)105-44-53-32-34-56(35-33-53)82-74(98)55(29-25-37-81-77(79)101)40-61(90)69(47(5)6)84-66(93)31-23-20-24-36-80-75(99)64(43-68(95)96)106-45-58(52(12)88)83-65(92)18-2/h19,21-22,27-28,32-35,46-51,55,57-59,63-64,69-73,97H,17-18,20,23-26,29-31,36-45H2,1-16H3,(H,80,99)(H,82,98)(H,83,92)(H,84,93)(H,95,96)(H3,79,81,101)/t49?,50-,51?,55?,57?,58?,59-,63?,64?,69?,70?,71?,72+,73+/m0/s1. The quantitative estimate of drug-likeness (QED) is 0.0287. The van der Waals surface area contributed by atoms with E-state index in [-0.39, 0.29) is 141 Å². The number of ketones is 4. The van der Waals surface area contributed by atoms with Gasteiger partial charge in [0.05, 0.1) is 66.6 Å².